The molecule has 174 valence electrons. The summed E-state index contributed by atoms with van der Waals surface area (Å²) in [7, 11) is 0. The van der Waals surface area contributed by atoms with Crippen LogP contribution in [0.2, 0.25) is 0 Å². The third-order valence-electron chi connectivity index (χ3n) is 7.15. The molecule has 0 aromatic carbocycles. The fourth-order valence-corrected chi connectivity index (χ4v) is 4.94. The lowest BCUT2D eigenvalue weighted by molar-refractivity contribution is -0.134. The molecule has 3 aliphatic rings. The highest BCUT2D eigenvalue weighted by molar-refractivity contribution is 5.85. The lowest BCUT2D eigenvalue weighted by Crippen LogP contribution is -2.54. The molecule has 1 atom stereocenters. The maximum Gasteiger partial charge on any atom is 0.259 e. The minimum Gasteiger partial charge on any atom is -0.461 e. The number of furan rings is 1. The minimum atomic E-state index is -0.271. The van der Waals surface area contributed by atoms with E-state index in [1.165, 1.54) is 17.4 Å². The Morgan fingerprint density at radius 3 is 2.73 bits per heavy atom. The number of nitrogens with zero attached hydrogens (tertiary/aromatic N) is 8. The molecule has 2 aliphatic heterocycles. The zero-order chi connectivity index (χ0) is 22.6. The molecule has 1 aliphatic carbocycles. The van der Waals surface area contributed by atoms with Gasteiger partial charge in [-0.1, -0.05) is 6.92 Å². The van der Waals surface area contributed by atoms with E-state index >= 15 is 0 Å². The molecule has 0 radical (unpaired) electrons. The second kappa shape index (κ2) is 7.68. The highest BCUT2D eigenvalue weighted by Gasteiger charge is 2.41. The van der Waals surface area contributed by atoms with Crippen LogP contribution in [0.15, 0.2) is 22.8 Å². The number of aromatic nitrogens is 5. The van der Waals surface area contributed by atoms with Gasteiger partial charge >= 0.3 is 0 Å². The molecular weight excluding hydrogens is 422 g/mol. The van der Waals surface area contributed by atoms with Crippen LogP contribution in [0, 0.1) is 5.41 Å². The van der Waals surface area contributed by atoms with Crippen molar-refractivity contribution in [3.05, 3.63) is 18.4 Å². The van der Waals surface area contributed by atoms with Crippen molar-refractivity contribution in [1.82, 2.24) is 34.4 Å². The molecule has 0 unspecified atom stereocenters. The van der Waals surface area contributed by atoms with Crippen LogP contribution in [0.4, 0.5) is 11.9 Å². The summed E-state index contributed by atoms with van der Waals surface area (Å²) < 4.78 is 6.78. The normalized spacial score (nSPS) is 22.9. The zero-order valence-corrected chi connectivity index (χ0v) is 18.9. The van der Waals surface area contributed by atoms with Crippen molar-refractivity contribution in [2.24, 2.45) is 5.41 Å². The summed E-state index contributed by atoms with van der Waals surface area (Å²) in [6.45, 7) is 7.66. The molecule has 2 N–H and O–H groups in total. The molecule has 3 aromatic heterocycles. The highest BCUT2D eigenvalue weighted by atomic mass is 16.3. The number of anilines is 2. The van der Waals surface area contributed by atoms with E-state index in [1.807, 2.05) is 9.80 Å². The Labute approximate surface area is 191 Å². The second-order valence-electron chi connectivity index (χ2n) is 9.77. The van der Waals surface area contributed by atoms with E-state index in [0.29, 0.717) is 35.3 Å². The van der Waals surface area contributed by atoms with E-state index in [0.717, 1.165) is 45.6 Å². The summed E-state index contributed by atoms with van der Waals surface area (Å²) in [6.07, 6.45) is 5.91. The number of rotatable bonds is 5. The number of carbonyl (C=O) groups excluding carboxylic acids is 1. The zero-order valence-electron chi connectivity index (χ0n) is 18.9. The van der Waals surface area contributed by atoms with E-state index in [-0.39, 0.29) is 17.9 Å². The van der Waals surface area contributed by atoms with E-state index in [4.69, 9.17) is 10.2 Å². The van der Waals surface area contributed by atoms with Gasteiger partial charge in [-0.25, -0.2) is 0 Å². The summed E-state index contributed by atoms with van der Waals surface area (Å²) in [5.41, 5.74) is 6.68. The molecule has 0 bridgehead atoms. The molecule has 5 heterocycles. The molecule has 6 rings (SSSR count). The van der Waals surface area contributed by atoms with E-state index in [9.17, 15) is 4.79 Å². The summed E-state index contributed by atoms with van der Waals surface area (Å²) in [4.78, 5) is 33.4. The monoisotopic (exact) mass is 451 g/mol. The molecule has 2 saturated heterocycles. The summed E-state index contributed by atoms with van der Waals surface area (Å²) in [5, 5.41) is 4.35. The first kappa shape index (κ1) is 20.4. The number of nitrogen functional groups attached to an aromatic ring is 1. The molecule has 1 amide bonds. The van der Waals surface area contributed by atoms with Crippen LogP contribution < -0.4 is 10.6 Å². The van der Waals surface area contributed by atoms with E-state index < -0.39 is 0 Å². The first-order valence-electron chi connectivity index (χ1n) is 11.7. The largest absolute Gasteiger partial charge is 0.461 e. The second-order valence-corrected chi connectivity index (χ2v) is 9.77. The van der Waals surface area contributed by atoms with Gasteiger partial charge in [-0.15, -0.1) is 5.10 Å². The number of hydrogen-bond acceptors (Lipinski definition) is 9. The molecule has 3 aromatic rings. The number of nitrogens with two attached hydrogens (primary N) is 1. The van der Waals surface area contributed by atoms with Crippen LogP contribution in [-0.4, -0.2) is 85.6 Å². The fourth-order valence-electron chi connectivity index (χ4n) is 4.94. The van der Waals surface area contributed by atoms with Crippen LogP contribution in [0.25, 0.3) is 17.4 Å². The number of hydrogen-bond donors (Lipinski definition) is 1. The van der Waals surface area contributed by atoms with Gasteiger partial charge in [-0.05, 0) is 43.2 Å². The smallest absolute Gasteiger partial charge is 0.259 e. The lowest BCUT2D eigenvalue weighted by Gasteiger charge is -2.38. The Hall–Kier alpha value is -3.21. The first-order valence-corrected chi connectivity index (χ1v) is 11.7. The van der Waals surface area contributed by atoms with Gasteiger partial charge in [0.25, 0.3) is 5.78 Å². The van der Waals surface area contributed by atoms with Gasteiger partial charge in [0, 0.05) is 39.3 Å². The Morgan fingerprint density at radius 2 is 2.00 bits per heavy atom. The summed E-state index contributed by atoms with van der Waals surface area (Å²) in [6, 6.07) is 3.28. The van der Waals surface area contributed by atoms with E-state index in [2.05, 4.69) is 31.9 Å². The predicted molar refractivity (Wildman–Crippen MR) is 121 cm³/mol. The van der Waals surface area contributed by atoms with Gasteiger partial charge in [0.2, 0.25) is 23.6 Å². The molecule has 11 nitrogen and oxygen atoms in total. The summed E-state index contributed by atoms with van der Waals surface area (Å²) in [5.74, 6) is 2.03. The fraction of sp³-hybridized carbons (Fsp3) is 0.591. The standard InChI is InChI=1S/C22H29N9O2/c1-22(6-7-22)14-28-9-11-29(12-10-28)18(32)15-4-2-8-30(15)20-25-19(23)31-21(26-20)24-17(27-31)16-5-3-13-33-16/h3,5,13,15H,2,4,6-12,14H2,1H3,(H2,23,24,25,26,27)/t15-/m0/s1. The molecule has 1 saturated carbocycles. The number of carbonyl (C=O) groups is 1. The van der Waals surface area contributed by atoms with Crippen LogP contribution >= 0.6 is 0 Å². The number of amides is 1. The maximum absolute atomic E-state index is 13.4. The van der Waals surface area contributed by atoms with Crippen LogP contribution in [-0.2, 0) is 4.79 Å². The average molecular weight is 452 g/mol. The van der Waals surface area contributed by atoms with Crippen LogP contribution in [0.1, 0.15) is 32.6 Å². The van der Waals surface area contributed by atoms with Crippen molar-refractivity contribution in [3.63, 3.8) is 0 Å². The molecule has 0 spiro atoms. The molecular formula is C22H29N9O2. The van der Waals surface area contributed by atoms with Crippen LogP contribution in [0.3, 0.4) is 0 Å². The van der Waals surface area contributed by atoms with Crippen molar-refractivity contribution in [2.45, 2.75) is 38.6 Å². The lowest BCUT2D eigenvalue weighted by atomic mass is 10.1. The molecule has 3 fully saturated rings. The first-order chi connectivity index (χ1) is 16.0. The Kier molecular flexibility index (Phi) is 4.75. The molecule has 33 heavy (non-hydrogen) atoms. The topological polar surface area (TPSA) is 122 Å². The Morgan fingerprint density at radius 1 is 1.18 bits per heavy atom. The van der Waals surface area contributed by atoms with Crippen molar-refractivity contribution in [3.8, 4) is 11.6 Å². The van der Waals surface area contributed by atoms with Gasteiger partial charge in [0.05, 0.1) is 6.26 Å². The van der Waals surface area contributed by atoms with Gasteiger partial charge in [0.15, 0.2) is 5.76 Å². The van der Waals surface area contributed by atoms with E-state index in [1.54, 1.807) is 18.4 Å². The van der Waals surface area contributed by atoms with Crippen molar-refractivity contribution in [2.75, 3.05) is 49.9 Å². The Bertz CT molecular complexity index is 1160. The average Bonchev–Trinajstić information content (AvgIpc) is 3.29. The number of fused-ring (bicyclic) bond motifs is 1. The van der Waals surface area contributed by atoms with Crippen molar-refractivity contribution >= 4 is 23.6 Å². The van der Waals surface area contributed by atoms with Crippen LogP contribution in [0.5, 0.6) is 0 Å². The van der Waals surface area contributed by atoms with Gasteiger partial charge in [0.1, 0.15) is 6.04 Å². The third-order valence-corrected chi connectivity index (χ3v) is 7.15. The van der Waals surface area contributed by atoms with Crippen molar-refractivity contribution in [1.29, 1.82) is 0 Å². The molecule has 11 heteroatoms. The predicted octanol–water partition coefficient (Wildman–Crippen LogP) is 1.27. The minimum absolute atomic E-state index is 0.157. The Balaban J connectivity index is 1.19. The van der Waals surface area contributed by atoms with Gasteiger partial charge in [-0.2, -0.15) is 19.5 Å². The maximum atomic E-state index is 13.4. The van der Waals surface area contributed by atoms with Gasteiger partial charge < -0.3 is 20.0 Å². The SMILES string of the molecule is CC1(CN2CCN(C(=O)[C@@H]3CCCN3c3nc(N)n4nc(-c5ccco5)nc4n3)CC2)CC1. The van der Waals surface area contributed by atoms with Gasteiger partial charge in [-0.3, -0.25) is 9.69 Å². The highest BCUT2D eigenvalue weighted by Crippen LogP contribution is 2.45. The quantitative estimate of drug-likeness (QED) is 0.611. The summed E-state index contributed by atoms with van der Waals surface area (Å²) >= 11 is 0. The van der Waals surface area contributed by atoms with Crippen molar-refractivity contribution < 1.29 is 9.21 Å². The number of piperazine rings is 1. The third kappa shape index (κ3) is 3.79.